The summed E-state index contributed by atoms with van der Waals surface area (Å²) in [5.41, 5.74) is -0.0744. The van der Waals surface area contributed by atoms with Crippen LogP contribution in [0.15, 0.2) is 29.3 Å². The molecule has 196 valence electrons. The molecular formula is C25H29F3N2O5S. The maximum atomic E-state index is 13.7. The quantitative estimate of drug-likeness (QED) is 0.552. The maximum absolute atomic E-state index is 13.7. The second kappa shape index (κ2) is 8.86. The summed E-state index contributed by atoms with van der Waals surface area (Å²) >= 11 is 0. The van der Waals surface area contributed by atoms with E-state index < -0.39 is 33.1 Å². The van der Waals surface area contributed by atoms with Gasteiger partial charge in [0.2, 0.25) is 0 Å². The van der Waals surface area contributed by atoms with E-state index in [1.165, 1.54) is 11.0 Å². The van der Waals surface area contributed by atoms with Gasteiger partial charge in [-0.05, 0) is 49.4 Å². The summed E-state index contributed by atoms with van der Waals surface area (Å²) in [6.07, 6.45) is -1.88. The van der Waals surface area contributed by atoms with Crippen molar-refractivity contribution in [2.75, 3.05) is 31.1 Å². The van der Waals surface area contributed by atoms with Crippen molar-refractivity contribution in [1.29, 1.82) is 0 Å². The first-order valence-corrected chi connectivity index (χ1v) is 14.1. The molecule has 2 saturated heterocycles. The van der Waals surface area contributed by atoms with Crippen molar-refractivity contribution < 1.29 is 35.9 Å². The highest BCUT2D eigenvalue weighted by Crippen LogP contribution is 2.43. The van der Waals surface area contributed by atoms with Crippen LogP contribution in [0.25, 0.3) is 0 Å². The first-order valence-electron chi connectivity index (χ1n) is 12.3. The number of carbonyl (C=O) groups excluding carboxylic acids is 2. The number of likely N-dealkylation sites (tertiary alicyclic amines) is 1. The Morgan fingerprint density at radius 3 is 2.53 bits per heavy atom. The standard InChI is InChI=1S/C25H29F3N2O5S/c1-16-21(22(31)30-9-6-17-4-5-19(25(26,27)28)13-18(17)14-30)24(35-23(16)32)7-10-29(11-8-24)20-3-2-12-36(33,34)15-20/h4-5,13,20H,2-3,6-12,14-15H2,1H3. The Morgan fingerprint density at radius 2 is 1.86 bits per heavy atom. The number of benzene rings is 1. The smallest absolute Gasteiger partial charge is 0.416 e. The van der Waals surface area contributed by atoms with E-state index in [1.54, 1.807) is 6.92 Å². The van der Waals surface area contributed by atoms with Crippen LogP contribution in [0.1, 0.15) is 49.3 Å². The fraction of sp³-hybridized carbons (Fsp3) is 0.600. The van der Waals surface area contributed by atoms with Gasteiger partial charge in [0.1, 0.15) is 5.60 Å². The number of rotatable bonds is 2. The summed E-state index contributed by atoms with van der Waals surface area (Å²) in [5.74, 6) is -0.602. The number of amides is 1. The number of halogens is 3. The van der Waals surface area contributed by atoms with E-state index >= 15 is 0 Å². The highest BCUT2D eigenvalue weighted by atomic mass is 32.2. The molecule has 5 rings (SSSR count). The van der Waals surface area contributed by atoms with Crippen LogP contribution < -0.4 is 0 Å². The number of ether oxygens (including phenoxy) is 1. The van der Waals surface area contributed by atoms with E-state index in [4.69, 9.17) is 4.74 Å². The highest BCUT2D eigenvalue weighted by molar-refractivity contribution is 7.91. The van der Waals surface area contributed by atoms with Gasteiger partial charge in [0.05, 0.1) is 22.6 Å². The SMILES string of the molecule is CC1=C(C(=O)N2CCc3ccc(C(F)(F)F)cc3C2)C2(CCN(C3CCCS(=O)(=O)C3)CC2)OC1=O. The average molecular weight is 527 g/mol. The molecule has 0 radical (unpaired) electrons. The van der Waals surface area contributed by atoms with Crippen LogP contribution in [0, 0.1) is 0 Å². The lowest BCUT2D eigenvalue weighted by Crippen LogP contribution is -2.54. The lowest BCUT2D eigenvalue weighted by atomic mass is 9.81. The molecule has 1 aromatic rings. The van der Waals surface area contributed by atoms with E-state index in [9.17, 15) is 31.2 Å². The molecule has 36 heavy (non-hydrogen) atoms. The van der Waals surface area contributed by atoms with Crippen molar-refractivity contribution in [1.82, 2.24) is 9.80 Å². The number of hydrogen-bond acceptors (Lipinski definition) is 6. The lowest BCUT2D eigenvalue weighted by molar-refractivity contribution is -0.152. The predicted octanol–water partition coefficient (Wildman–Crippen LogP) is 2.88. The molecule has 4 aliphatic rings. The Hall–Kier alpha value is -2.40. The van der Waals surface area contributed by atoms with Gasteiger partial charge < -0.3 is 9.64 Å². The van der Waals surface area contributed by atoms with Gasteiger partial charge in [-0.15, -0.1) is 0 Å². The van der Waals surface area contributed by atoms with E-state index in [-0.39, 0.29) is 35.6 Å². The molecule has 1 unspecified atom stereocenters. The molecule has 1 aromatic carbocycles. The molecule has 2 fully saturated rings. The molecular weight excluding hydrogens is 497 g/mol. The Balaban J connectivity index is 1.34. The van der Waals surface area contributed by atoms with Crippen LogP contribution in [0.3, 0.4) is 0 Å². The van der Waals surface area contributed by atoms with Crippen molar-refractivity contribution in [3.63, 3.8) is 0 Å². The average Bonchev–Trinajstić information content (AvgIpc) is 3.06. The van der Waals surface area contributed by atoms with Crippen molar-refractivity contribution in [3.05, 3.63) is 46.0 Å². The number of piperidine rings is 1. The van der Waals surface area contributed by atoms with Gasteiger partial charge in [0.25, 0.3) is 5.91 Å². The third kappa shape index (κ3) is 4.55. The zero-order valence-corrected chi connectivity index (χ0v) is 20.9. The topological polar surface area (TPSA) is 84.0 Å². The third-order valence-electron chi connectivity index (χ3n) is 8.03. The fourth-order valence-electron chi connectivity index (χ4n) is 6.06. The number of alkyl halides is 3. The monoisotopic (exact) mass is 526 g/mol. The Morgan fingerprint density at radius 1 is 1.14 bits per heavy atom. The number of fused-ring (bicyclic) bond motifs is 1. The number of sulfone groups is 1. The van der Waals surface area contributed by atoms with Crippen LogP contribution in [0.4, 0.5) is 13.2 Å². The van der Waals surface area contributed by atoms with E-state index in [2.05, 4.69) is 4.90 Å². The summed E-state index contributed by atoms with van der Waals surface area (Å²) in [7, 11) is -3.07. The lowest BCUT2D eigenvalue weighted by Gasteiger charge is -2.44. The number of esters is 1. The van der Waals surface area contributed by atoms with Crippen molar-refractivity contribution in [3.8, 4) is 0 Å². The first kappa shape index (κ1) is 25.3. The predicted molar refractivity (Wildman–Crippen MR) is 125 cm³/mol. The van der Waals surface area contributed by atoms with Gasteiger partial charge in [-0.2, -0.15) is 13.2 Å². The molecule has 0 bridgehead atoms. The minimum atomic E-state index is -4.47. The molecule has 0 N–H and O–H groups in total. The fourth-order valence-corrected chi connectivity index (χ4v) is 7.79. The number of nitrogens with zero attached hydrogens (tertiary/aromatic N) is 2. The Bertz CT molecular complexity index is 1230. The summed E-state index contributed by atoms with van der Waals surface area (Å²) in [4.78, 5) is 29.9. The summed E-state index contributed by atoms with van der Waals surface area (Å²) in [5, 5.41) is 0. The van der Waals surface area contributed by atoms with Gasteiger partial charge in [-0.1, -0.05) is 6.07 Å². The van der Waals surface area contributed by atoms with E-state index in [0.29, 0.717) is 56.5 Å². The Labute approximate surface area is 208 Å². The maximum Gasteiger partial charge on any atom is 0.416 e. The first-order chi connectivity index (χ1) is 16.9. The van der Waals surface area contributed by atoms with Gasteiger partial charge in [0.15, 0.2) is 9.84 Å². The molecule has 1 atom stereocenters. The van der Waals surface area contributed by atoms with E-state index in [0.717, 1.165) is 24.1 Å². The molecule has 1 amide bonds. The molecule has 4 aliphatic heterocycles. The summed E-state index contributed by atoms with van der Waals surface area (Å²) < 4.78 is 69.7. The minimum absolute atomic E-state index is 0.0329. The Kier molecular flexibility index (Phi) is 6.22. The van der Waals surface area contributed by atoms with Crippen LogP contribution in [-0.4, -0.2) is 72.9 Å². The molecule has 0 aliphatic carbocycles. The van der Waals surface area contributed by atoms with Crippen LogP contribution in [0.5, 0.6) is 0 Å². The summed E-state index contributed by atoms with van der Waals surface area (Å²) in [6, 6.07) is 3.55. The van der Waals surface area contributed by atoms with Crippen LogP contribution in [0.2, 0.25) is 0 Å². The molecule has 7 nitrogen and oxygen atoms in total. The van der Waals surface area contributed by atoms with Gasteiger partial charge in [-0.3, -0.25) is 9.69 Å². The molecule has 4 heterocycles. The van der Waals surface area contributed by atoms with Gasteiger partial charge in [0, 0.05) is 50.6 Å². The van der Waals surface area contributed by atoms with Gasteiger partial charge in [-0.25, -0.2) is 13.2 Å². The largest absolute Gasteiger partial charge is 0.450 e. The molecule has 1 spiro atoms. The van der Waals surface area contributed by atoms with Crippen LogP contribution in [-0.2, 0) is 43.3 Å². The normalized spacial score (nSPS) is 26.2. The molecule has 0 saturated carbocycles. The summed E-state index contributed by atoms with van der Waals surface area (Å²) in [6.45, 7) is 2.92. The minimum Gasteiger partial charge on any atom is -0.450 e. The number of hydrogen-bond donors (Lipinski definition) is 0. The third-order valence-corrected chi connectivity index (χ3v) is 9.84. The molecule has 11 heteroatoms. The highest BCUT2D eigenvalue weighted by Gasteiger charge is 2.52. The number of carbonyl (C=O) groups is 2. The second-order valence-corrected chi connectivity index (χ2v) is 12.5. The second-order valence-electron chi connectivity index (χ2n) is 10.3. The van der Waals surface area contributed by atoms with Crippen molar-refractivity contribution in [2.24, 2.45) is 0 Å². The zero-order valence-electron chi connectivity index (χ0n) is 20.1. The van der Waals surface area contributed by atoms with Crippen molar-refractivity contribution >= 4 is 21.7 Å². The molecule has 0 aromatic heterocycles. The van der Waals surface area contributed by atoms with Crippen molar-refractivity contribution in [2.45, 2.75) is 63.4 Å². The van der Waals surface area contributed by atoms with Crippen LogP contribution >= 0.6 is 0 Å². The zero-order chi connectivity index (χ0) is 25.9. The van der Waals surface area contributed by atoms with Gasteiger partial charge >= 0.3 is 12.1 Å². The van der Waals surface area contributed by atoms with E-state index in [1.807, 2.05) is 0 Å².